The van der Waals surface area contributed by atoms with Gasteiger partial charge in [0.15, 0.2) is 17.3 Å². The van der Waals surface area contributed by atoms with Crippen LogP contribution in [0.2, 0.25) is 5.02 Å². The van der Waals surface area contributed by atoms with Crippen molar-refractivity contribution in [3.8, 4) is 0 Å². The van der Waals surface area contributed by atoms with Crippen LogP contribution in [0.5, 0.6) is 0 Å². The molecule has 0 spiro atoms. The van der Waals surface area contributed by atoms with Crippen LogP contribution in [0.15, 0.2) is 12.3 Å². The van der Waals surface area contributed by atoms with Gasteiger partial charge in [0.05, 0.1) is 5.02 Å². The fraction of sp³-hybridized carbons (Fsp3) is 0.385. The fourth-order valence-electron chi connectivity index (χ4n) is 2.66. The maximum atomic E-state index is 11.2. The Labute approximate surface area is 137 Å². The summed E-state index contributed by atoms with van der Waals surface area (Å²) in [7, 11) is 0. The summed E-state index contributed by atoms with van der Waals surface area (Å²) in [5.74, 6) is 6.51. The highest BCUT2D eigenvalue weighted by Gasteiger charge is 2.29. The number of hydrogen-bond acceptors (Lipinski definition) is 7. The second-order valence-electron chi connectivity index (χ2n) is 5.31. The van der Waals surface area contributed by atoms with Gasteiger partial charge in [-0.2, -0.15) is 0 Å². The van der Waals surface area contributed by atoms with Crippen LogP contribution in [0, 0.1) is 0 Å². The maximum absolute atomic E-state index is 11.2. The fourth-order valence-corrected chi connectivity index (χ4v) is 2.82. The summed E-state index contributed by atoms with van der Waals surface area (Å²) in [5.41, 5.74) is 3.53. The van der Waals surface area contributed by atoms with E-state index in [0.29, 0.717) is 47.5 Å². The van der Waals surface area contributed by atoms with Gasteiger partial charge in [-0.15, -0.1) is 0 Å². The van der Waals surface area contributed by atoms with Crippen LogP contribution in [-0.4, -0.2) is 56.7 Å². The summed E-state index contributed by atoms with van der Waals surface area (Å²) in [6.07, 6.45) is 0.582. The molecule has 0 saturated carbocycles. The molecule has 1 aliphatic heterocycles. The lowest BCUT2D eigenvalue weighted by molar-refractivity contribution is 0.122. The zero-order valence-electron chi connectivity index (χ0n) is 12.4. The minimum Gasteiger partial charge on any atom is -0.465 e. The van der Waals surface area contributed by atoms with Crippen molar-refractivity contribution in [2.75, 3.05) is 30.0 Å². The monoisotopic (exact) mass is 337 g/mol. The number of nitrogens with two attached hydrogens (primary N) is 1. The Balaban J connectivity index is 1.96. The lowest BCUT2D eigenvalue weighted by atomic mass is 10.2. The molecule has 3 rings (SSSR count). The van der Waals surface area contributed by atoms with E-state index in [1.54, 1.807) is 6.07 Å². The Morgan fingerprint density at radius 3 is 2.91 bits per heavy atom. The molecule has 0 aromatic carbocycles. The molecule has 4 N–H and O–H groups in total. The summed E-state index contributed by atoms with van der Waals surface area (Å²) in [5, 5.41) is 9.62. The van der Waals surface area contributed by atoms with Gasteiger partial charge in [-0.1, -0.05) is 11.6 Å². The van der Waals surface area contributed by atoms with Gasteiger partial charge in [0.25, 0.3) is 0 Å². The lowest BCUT2D eigenvalue weighted by Crippen LogP contribution is -2.54. The van der Waals surface area contributed by atoms with E-state index < -0.39 is 6.09 Å². The van der Waals surface area contributed by atoms with E-state index in [1.165, 1.54) is 11.1 Å². The van der Waals surface area contributed by atoms with E-state index in [1.807, 2.05) is 11.8 Å². The number of pyridine rings is 1. The topological polar surface area (TPSA) is 121 Å². The van der Waals surface area contributed by atoms with Crippen molar-refractivity contribution in [1.29, 1.82) is 0 Å². The van der Waals surface area contributed by atoms with Gasteiger partial charge < -0.3 is 20.3 Å². The quantitative estimate of drug-likeness (QED) is 0.551. The minimum atomic E-state index is -0.921. The van der Waals surface area contributed by atoms with E-state index in [-0.39, 0.29) is 6.04 Å². The number of nitrogen functional groups attached to an aromatic ring is 1. The zero-order chi connectivity index (χ0) is 16.6. The summed E-state index contributed by atoms with van der Waals surface area (Å²) >= 11 is 5.91. The molecule has 1 amide bonds. The SMILES string of the molecule is CC1CN(c2nc3ncc(Cl)cc3nc2NN)CCN1C(=O)O. The number of carboxylic acid groups (broad SMARTS) is 1. The number of hydrogen-bond donors (Lipinski definition) is 3. The smallest absolute Gasteiger partial charge is 0.407 e. The number of fused-ring (bicyclic) bond motifs is 1. The van der Waals surface area contributed by atoms with Gasteiger partial charge in [-0.25, -0.2) is 25.6 Å². The maximum Gasteiger partial charge on any atom is 0.407 e. The first-order valence-corrected chi connectivity index (χ1v) is 7.42. The van der Waals surface area contributed by atoms with Gasteiger partial charge in [0.1, 0.15) is 5.52 Å². The number of carbonyl (C=O) groups is 1. The molecule has 1 fully saturated rings. The number of hydrazine groups is 1. The average molecular weight is 338 g/mol. The highest BCUT2D eigenvalue weighted by Crippen LogP contribution is 2.26. The Hall–Kier alpha value is -2.39. The molecule has 0 bridgehead atoms. The molecule has 1 saturated heterocycles. The average Bonchev–Trinajstić information content (AvgIpc) is 2.53. The van der Waals surface area contributed by atoms with Crippen LogP contribution in [0.3, 0.4) is 0 Å². The summed E-state index contributed by atoms with van der Waals surface area (Å²) in [4.78, 5) is 27.6. The van der Waals surface area contributed by atoms with Crippen LogP contribution in [0.4, 0.5) is 16.4 Å². The predicted molar refractivity (Wildman–Crippen MR) is 86.6 cm³/mol. The number of piperazine rings is 1. The molecule has 3 heterocycles. The van der Waals surface area contributed by atoms with E-state index in [4.69, 9.17) is 22.6 Å². The van der Waals surface area contributed by atoms with E-state index in [0.717, 1.165) is 0 Å². The van der Waals surface area contributed by atoms with Gasteiger partial charge >= 0.3 is 6.09 Å². The number of amides is 1. The van der Waals surface area contributed by atoms with Crippen molar-refractivity contribution >= 4 is 40.5 Å². The lowest BCUT2D eigenvalue weighted by Gasteiger charge is -2.39. The number of halogens is 1. The van der Waals surface area contributed by atoms with Gasteiger partial charge in [0, 0.05) is 31.9 Å². The van der Waals surface area contributed by atoms with E-state index in [2.05, 4.69) is 20.4 Å². The molecule has 1 aliphatic rings. The van der Waals surface area contributed by atoms with E-state index in [9.17, 15) is 4.79 Å². The van der Waals surface area contributed by atoms with Crippen molar-refractivity contribution in [1.82, 2.24) is 19.9 Å². The standard InChI is InChI=1S/C13H16ClN7O2/c1-7-6-20(2-3-21(7)13(22)23)12-11(19-15)17-9-4-8(14)5-16-10(9)18-12/h4-5,7H,2-3,6,15H2,1H3,(H,17,19)(H,22,23). The number of nitrogens with zero attached hydrogens (tertiary/aromatic N) is 5. The molecule has 122 valence electrons. The third-order valence-corrected chi connectivity index (χ3v) is 3.99. The van der Waals surface area contributed by atoms with Crippen molar-refractivity contribution in [2.45, 2.75) is 13.0 Å². The molecular formula is C13H16ClN7O2. The Morgan fingerprint density at radius 1 is 1.48 bits per heavy atom. The van der Waals surface area contributed by atoms with Crippen LogP contribution in [0.1, 0.15) is 6.92 Å². The van der Waals surface area contributed by atoms with Crippen LogP contribution in [-0.2, 0) is 0 Å². The molecule has 0 radical (unpaired) electrons. The third-order valence-electron chi connectivity index (χ3n) is 3.78. The Bertz CT molecular complexity index is 756. The molecule has 9 nitrogen and oxygen atoms in total. The normalized spacial score (nSPS) is 18.3. The zero-order valence-corrected chi connectivity index (χ0v) is 13.2. The number of nitrogens with one attached hydrogen (secondary N) is 1. The first-order chi connectivity index (χ1) is 11.0. The van der Waals surface area contributed by atoms with E-state index >= 15 is 0 Å². The van der Waals surface area contributed by atoms with Gasteiger partial charge in [-0.05, 0) is 13.0 Å². The second-order valence-corrected chi connectivity index (χ2v) is 5.74. The molecule has 0 aliphatic carbocycles. The third kappa shape index (κ3) is 2.92. The van der Waals surface area contributed by atoms with Gasteiger partial charge in [-0.3, -0.25) is 0 Å². The molecule has 10 heteroatoms. The summed E-state index contributed by atoms with van der Waals surface area (Å²) in [6, 6.07) is 1.49. The summed E-state index contributed by atoms with van der Waals surface area (Å²) in [6.45, 7) is 3.23. The van der Waals surface area contributed by atoms with Crippen molar-refractivity contribution < 1.29 is 9.90 Å². The molecule has 23 heavy (non-hydrogen) atoms. The molecule has 2 aromatic heterocycles. The predicted octanol–water partition coefficient (Wildman–Crippen LogP) is 1.15. The molecule has 1 atom stereocenters. The van der Waals surface area contributed by atoms with Crippen LogP contribution < -0.4 is 16.2 Å². The largest absolute Gasteiger partial charge is 0.465 e. The summed E-state index contributed by atoms with van der Waals surface area (Å²) < 4.78 is 0. The van der Waals surface area contributed by atoms with Crippen LogP contribution >= 0.6 is 11.6 Å². The van der Waals surface area contributed by atoms with Crippen LogP contribution in [0.25, 0.3) is 11.2 Å². The Morgan fingerprint density at radius 2 is 2.26 bits per heavy atom. The van der Waals surface area contributed by atoms with Crippen molar-refractivity contribution in [2.24, 2.45) is 5.84 Å². The highest BCUT2D eigenvalue weighted by molar-refractivity contribution is 6.31. The Kier molecular flexibility index (Phi) is 4.05. The number of rotatable bonds is 2. The van der Waals surface area contributed by atoms with Crippen molar-refractivity contribution in [3.63, 3.8) is 0 Å². The molecule has 1 unspecified atom stereocenters. The van der Waals surface area contributed by atoms with Gasteiger partial charge in [0.2, 0.25) is 0 Å². The van der Waals surface area contributed by atoms with Crippen molar-refractivity contribution in [3.05, 3.63) is 17.3 Å². The second kappa shape index (κ2) is 6.01. The molecular weight excluding hydrogens is 322 g/mol. The molecule has 2 aromatic rings. The minimum absolute atomic E-state index is 0.164. The highest BCUT2D eigenvalue weighted by atomic mass is 35.5. The number of aromatic nitrogens is 3. The first-order valence-electron chi connectivity index (χ1n) is 7.04. The first kappa shape index (κ1) is 15.5. The number of anilines is 2.